The first-order chi connectivity index (χ1) is 7.95. The van der Waals surface area contributed by atoms with E-state index in [0.717, 1.165) is 12.8 Å². The average Bonchev–Trinajstić information content (AvgIpc) is 2.78. The van der Waals surface area contributed by atoms with Gasteiger partial charge in [-0.15, -0.1) is 0 Å². The zero-order valence-corrected chi connectivity index (χ0v) is 10.8. The molecule has 2 amide bonds. The Labute approximate surface area is 102 Å². The lowest BCUT2D eigenvalue weighted by molar-refractivity contribution is -0.150. The Kier molecular flexibility index (Phi) is 4.78. The lowest BCUT2D eigenvalue weighted by Gasteiger charge is -2.22. The first-order valence-corrected chi connectivity index (χ1v) is 6.08. The lowest BCUT2D eigenvalue weighted by atomic mass is 9.94. The van der Waals surface area contributed by atoms with Crippen molar-refractivity contribution in [1.29, 1.82) is 0 Å². The molecule has 0 atom stereocenters. The van der Waals surface area contributed by atoms with Crippen LogP contribution in [0.15, 0.2) is 0 Å². The Morgan fingerprint density at radius 2 is 1.88 bits per heavy atom. The molecule has 2 N–H and O–H groups in total. The zero-order chi connectivity index (χ0) is 12.9. The summed E-state index contributed by atoms with van der Waals surface area (Å²) in [6, 6.07) is 0.0881. The summed E-state index contributed by atoms with van der Waals surface area (Å²) < 4.78 is 4.67. The van der Waals surface area contributed by atoms with E-state index in [9.17, 15) is 9.59 Å². The lowest BCUT2D eigenvalue weighted by Crippen LogP contribution is -2.46. The predicted molar refractivity (Wildman–Crippen MR) is 64.6 cm³/mol. The van der Waals surface area contributed by atoms with Gasteiger partial charge in [-0.25, -0.2) is 4.79 Å². The maximum atomic E-state index is 11.6. The van der Waals surface area contributed by atoms with E-state index >= 15 is 0 Å². The Morgan fingerprint density at radius 1 is 1.29 bits per heavy atom. The highest BCUT2D eigenvalue weighted by Crippen LogP contribution is 2.18. The summed E-state index contributed by atoms with van der Waals surface area (Å²) in [7, 11) is 1.35. The van der Waals surface area contributed by atoms with Gasteiger partial charge in [0.25, 0.3) is 0 Å². The zero-order valence-electron chi connectivity index (χ0n) is 10.8. The maximum absolute atomic E-state index is 11.6. The van der Waals surface area contributed by atoms with E-state index in [4.69, 9.17) is 0 Å². The average molecular weight is 242 g/mol. The van der Waals surface area contributed by atoms with Crippen molar-refractivity contribution in [2.75, 3.05) is 13.7 Å². The number of carbonyl (C=O) groups excluding carboxylic acids is 2. The van der Waals surface area contributed by atoms with E-state index < -0.39 is 5.41 Å². The van der Waals surface area contributed by atoms with Crippen molar-refractivity contribution in [3.63, 3.8) is 0 Å². The molecule has 1 aliphatic rings. The SMILES string of the molecule is COC(=O)C(C)(C)CNC(=O)NC1CCCC1. The molecule has 0 bridgehead atoms. The fourth-order valence-electron chi connectivity index (χ4n) is 1.96. The minimum absolute atomic E-state index is 0.200. The van der Waals surface area contributed by atoms with Crippen LogP contribution in [0, 0.1) is 5.41 Å². The Balaban J connectivity index is 2.29. The van der Waals surface area contributed by atoms with Gasteiger partial charge in [-0.2, -0.15) is 0 Å². The van der Waals surface area contributed by atoms with Crippen molar-refractivity contribution >= 4 is 12.0 Å². The molecule has 0 aliphatic heterocycles. The number of carbonyl (C=O) groups is 2. The summed E-state index contributed by atoms with van der Waals surface area (Å²) in [5.41, 5.74) is -0.693. The molecule has 5 heteroatoms. The molecular formula is C12H22N2O3. The molecule has 0 radical (unpaired) electrons. The van der Waals surface area contributed by atoms with Crippen LogP contribution in [0.2, 0.25) is 0 Å². The van der Waals surface area contributed by atoms with Crippen LogP contribution in [-0.2, 0) is 9.53 Å². The van der Waals surface area contributed by atoms with Gasteiger partial charge in [-0.3, -0.25) is 4.79 Å². The predicted octanol–water partition coefficient (Wildman–Crippen LogP) is 1.43. The smallest absolute Gasteiger partial charge is 0.315 e. The number of ether oxygens (including phenoxy) is 1. The van der Waals surface area contributed by atoms with Crippen LogP contribution in [0.1, 0.15) is 39.5 Å². The largest absolute Gasteiger partial charge is 0.469 e. The van der Waals surface area contributed by atoms with Gasteiger partial charge in [0.05, 0.1) is 12.5 Å². The Morgan fingerprint density at radius 3 is 2.41 bits per heavy atom. The fraction of sp³-hybridized carbons (Fsp3) is 0.833. The molecule has 98 valence electrons. The van der Waals surface area contributed by atoms with Gasteiger partial charge in [-0.05, 0) is 26.7 Å². The monoisotopic (exact) mass is 242 g/mol. The molecule has 17 heavy (non-hydrogen) atoms. The van der Waals surface area contributed by atoms with Crippen LogP contribution in [0.3, 0.4) is 0 Å². The van der Waals surface area contributed by atoms with Crippen molar-refractivity contribution in [3.8, 4) is 0 Å². The van der Waals surface area contributed by atoms with Crippen molar-refractivity contribution in [2.24, 2.45) is 5.41 Å². The highest BCUT2D eigenvalue weighted by atomic mass is 16.5. The van der Waals surface area contributed by atoms with Gasteiger partial charge in [0.2, 0.25) is 0 Å². The number of hydrogen-bond acceptors (Lipinski definition) is 3. The van der Waals surface area contributed by atoms with Crippen molar-refractivity contribution in [1.82, 2.24) is 10.6 Å². The van der Waals surface area contributed by atoms with E-state index in [1.54, 1.807) is 13.8 Å². The van der Waals surface area contributed by atoms with Crippen molar-refractivity contribution in [3.05, 3.63) is 0 Å². The number of nitrogens with one attached hydrogen (secondary N) is 2. The standard InChI is InChI=1S/C12H22N2O3/c1-12(2,10(15)17-3)8-13-11(16)14-9-6-4-5-7-9/h9H,4-8H2,1-3H3,(H2,13,14,16). The van der Waals surface area contributed by atoms with Crippen LogP contribution in [0.5, 0.6) is 0 Å². The van der Waals surface area contributed by atoms with E-state index in [0.29, 0.717) is 0 Å². The van der Waals surface area contributed by atoms with Crippen LogP contribution < -0.4 is 10.6 Å². The minimum atomic E-state index is -0.693. The third-order valence-electron chi connectivity index (χ3n) is 3.12. The van der Waals surface area contributed by atoms with E-state index in [2.05, 4.69) is 15.4 Å². The quantitative estimate of drug-likeness (QED) is 0.733. The third-order valence-corrected chi connectivity index (χ3v) is 3.12. The number of methoxy groups -OCH3 is 1. The van der Waals surface area contributed by atoms with Gasteiger partial charge in [0.1, 0.15) is 0 Å². The van der Waals surface area contributed by atoms with Crippen molar-refractivity contribution in [2.45, 2.75) is 45.6 Å². The second kappa shape index (κ2) is 5.89. The van der Waals surface area contributed by atoms with Crippen LogP contribution in [-0.4, -0.2) is 31.7 Å². The maximum Gasteiger partial charge on any atom is 0.315 e. The highest BCUT2D eigenvalue weighted by Gasteiger charge is 2.29. The summed E-state index contributed by atoms with van der Waals surface area (Å²) in [5.74, 6) is -0.321. The van der Waals surface area contributed by atoms with E-state index in [-0.39, 0.29) is 24.6 Å². The van der Waals surface area contributed by atoms with Crippen molar-refractivity contribution < 1.29 is 14.3 Å². The number of hydrogen-bond donors (Lipinski definition) is 2. The first kappa shape index (κ1) is 13.8. The fourth-order valence-corrected chi connectivity index (χ4v) is 1.96. The molecule has 0 unspecified atom stereocenters. The molecule has 5 nitrogen and oxygen atoms in total. The number of amides is 2. The highest BCUT2D eigenvalue weighted by molar-refractivity contribution is 5.78. The molecule has 1 aliphatic carbocycles. The molecule has 1 rings (SSSR count). The molecule has 0 heterocycles. The topological polar surface area (TPSA) is 67.4 Å². The van der Waals surface area contributed by atoms with Crippen LogP contribution >= 0.6 is 0 Å². The van der Waals surface area contributed by atoms with E-state index in [1.165, 1.54) is 20.0 Å². The van der Waals surface area contributed by atoms with Gasteiger partial charge in [-0.1, -0.05) is 12.8 Å². The molecule has 1 saturated carbocycles. The summed E-state index contributed by atoms with van der Waals surface area (Å²) in [4.78, 5) is 23.0. The van der Waals surface area contributed by atoms with Crippen LogP contribution in [0.25, 0.3) is 0 Å². The van der Waals surface area contributed by atoms with Gasteiger partial charge >= 0.3 is 12.0 Å². The Hall–Kier alpha value is -1.26. The summed E-state index contributed by atoms with van der Waals surface area (Å²) in [6.07, 6.45) is 4.46. The molecule has 0 aromatic heterocycles. The Bertz CT molecular complexity index is 283. The summed E-state index contributed by atoms with van der Waals surface area (Å²) in [5, 5.41) is 5.62. The molecule has 0 spiro atoms. The number of esters is 1. The van der Waals surface area contributed by atoms with Gasteiger partial charge in [0.15, 0.2) is 0 Å². The van der Waals surface area contributed by atoms with E-state index in [1.807, 2.05) is 0 Å². The normalized spacial score (nSPS) is 16.6. The molecule has 1 fully saturated rings. The number of urea groups is 1. The minimum Gasteiger partial charge on any atom is -0.469 e. The third kappa shape index (κ3) is 4.24. The van der Waals surface area contributed by atoms with Gasteiger partial charge < -0.3 is 15.4 Å². The van der Waals surface area contributed by atoms with Crippen LogP contribution in [0.4, 0.5) is 4.79 Å². The molecule has 0 aromatic carbocycles. The summed E-state index contributed by atoms with van der Waals surface area (Å²) >= 11 is 0. The number of rotatable bonds is 4. The molecular weight excluding hydrogens is 220 g/mol. The first-order valence-electron chi connectivity index (χ1n) is 6.08. The molecule has 0 saturated heterocycles. The van der Waals surface area contributed by atoms with Gasteiger partial charge in [0, 0.05) is 12.6 Å². The molecule has 0 aromatic rings. The summed E-state index contributed by atoms with van der Waals surface area (Å²) in [6.45, 7) is 3.77. The second-order valence-corrected chi connectivity index (χ2v) is 5.18. The second-order valence-electron chi connectivity index (χ2n) is 5.18.